The lowest BCUT2D eigenvalue weighted by molar-refractivity contribution is -0.119. The molecule has 0 aromatic heterocycles. The van der Waals surface area contributed by atoms with Crippen LogP contribution in [0.5, 0.6) is 0 Å². The molecule has 2 aromatic carbocycles. The van der Waals surface area contributed by atoms with Crippen molar-refractivity contribution in [2.24, 2.45) is 0 Å². The van der Waals surface area contributed by atoms with Crippen molar-refractivity contribution in [3.8, 4) is 0 Å². The molecule has 150 valence electrons. The normalized spacial score (nSPS) is 11.0. The molecule has 0 radical (unpaired) electrons. The molecule has 2 amide bonds. The second kappa shape index (κ2) is 8.88. The third-order valence-electron chi connectivity index (χ3n) is 4.07. The molecule has 0 spiro atoms. The Balaban J connectivity index is 2.11. The van der Waals surface area contributed by atoms with Crippen LogP contribution in [0.25, 0.3) is 0 Å². The molecule has 7 nitrogen and oxygen atoms in total. The quantitative estimate of drug-likeness (QED) is 0.763. The summed E-state index contributed by atoms with van der Waals surface area (Å²) < 4.78 is 25.4. The fraction of sp³-hybridized carbons (Fsp3) is 0.300. The van der Waals surface area contributed by atoms with Crippen molar-refractivity contribution in [1.29, 1.82) is 0 Å². The molecular weight excluding hydrogens is 378 g/mol. The SMILES string of the molecule is Cc1cccc(CNC(=O)CN(c2ccc(C(=O)N(C)C)cc2)S(C)(=O)=O)c1. The van der Waals surface area contributed by atoms with Crippen LogP contribution in [0.15, 0.2) is 48.5 Å². The van der Waals surface area contributed by atoms with Gasteiger partial charge < -0.3 is 10.2 Å². The van der Waals surface area contributed by atoms with Crippen molar-refractivity contribution >= 4 is 27.5 Å². The molecule has 0 bridgehead atoms. The van der Waals surface area contributed by atoms with Crippen molar-refractivity contribution < 1.29 is 18.0 Å². The standard InChI is InChI=1S/C20H25N3O4S/c1-15-6-5-7-16(12-15)13-21-19(24)14-23(28(4,26)27)18-10-8-17(9-11-18)20(25)22(2)3/h5-12H,13-14H2,1-4H3,(H,21,24). The van der Waals surface area contributed by atoms with Gasteiger partial charge in [0.15, 0.2) is 0 Å². The fourth-order valence-corrected chi connectivity index (χ4v) is 3.49. The van der Waals surface area contributed by atoms with Crippen LogP contribution in [-0.4, -0.2) is 52.0 Å². The summed E-state index contributed by atoms with van der Waals surface area (Å²) in [4.78, 5) is 25.7. The van der Waals surface area contributed by atoms with Gasteiger partial charge in [-0.1, -0.05) is 29.8 Å². The number of aryl methyl sites for hydroxylation is 1. The topological polar surface area (TPSA) is 86.8 Å². The summed E-state index contributed by atoms with van der Waals surface area (Å²) in [7, 11) is -0.402. The highest BCUT2D eigenvalue weighted by molar-refractivity contribution is 7.92. The first-order chi connectivity index (χ1) is 13.1. The van der Waals surface area contributed by atoms with Gasteiger partial charge in [-0.15, -0.1) is 0 Å². The average molecular weight is 404 g/mol. The molecule has 0 atom stereocenters. The first-order valence-corrected chi connectivity index (χ1v) is 10.5. The second-order valence-electron chi connectivity index (χ2n) is 6.78. The minimum absolute atomic E-state index is 0.187. The number of anilines is 1. The van der Waals surface area contributed by atoms with Gasteiger partial charge >= 0.3 is 0 Å². The van der Waals surface area contributed by atoms with Gasteiger partial charge in [0.2, 0.25) is 15.9 Å². The Morgan fingerprint density at radius 3 is 2.21 bits per heavy atom. The number of sulfonamides is 1. The van der Waals surface area contributed by atoms with Crippen molar-refractivity contribution in [2.75, 3.05) is 31.2 Å². The summed E-state index contributed by atoms with van der Waals surface area (Å²) in [5, 5.41) is 2.74. The van der Waals surface area contributed by atoms with Crippen LogP contribution in [0.1, 0.15) is 21.5 Å². The van der Waals surface area contributed by atoms with Crippen LogP contribution in [0.4, 0.5) is 5.69 Å². The molecule has 1 N–H and O–H groups in total. The maximum atomic E-state index is 12.3. The maximum Gasteiger partial charge on any atom is 0.253 e. The zero-order valence-corrected chi connectivity index (χ0v) is 17.3. The van der Waals surface area contributed by atoms with E-state index in [1.807, 2.05) is 31.2 Å². The molecule has 8 heteroatoms. The molecule has 28 heavy (non-hydrogen) atoms. The molecule has 0 fully saturated rings. The molecule has 0 aliphatic heterocycles. The lowest BCUT2D eigenvalue weighted by Crippen LogP contribution is -2.40. The summed E-state index contributed by atoms with van der Waals surface area (Å²) in [5.41, 5.74) is 2.78. The summed E-state index contributed by atoms with van der Waals surface area (Å²) in [6, 6.07) is 13.8. The molecule has 2 aromatic rings. The number of carbonyl (C=O) groups is 2. The molecule has 0 saturated carbocycles. The Bertz CT molecular complexity index is 954. The molecule has 2 rings (SSSR count). The summed E-state index contributed by atoms with van der Waals surface area (Å²) in [6.07, 6.45) is 1.04. The molecule has 0 saturated heterocycles. The molecule has 0 unspecified atom stereocenters. The van der Waals surface area contributed by atoms with E-state index in [4.69, 9.17) is 0 Å². The van der Waals surface area contributed by atoms with E-state index in [9.17, 15) is 18.0 Å². The zero-order valence-electron chi connectivity index (χ0n) is 16.5. The number of hydrogen-bond acceptors (Lipinski definition) is 4. The minimum Gasteiger partial charge on any atom is -0.350 e. The minimum atomic E-state index is -3.67. The van der Waals surface area contributed by atoms with Crippen molar-refractivity contribution in [3.63, 3.8) is 0 Å². The molecule has 0 heterocycles. The van der Waals surface area contributed by atoms with Crippen LogP contribution in [0.2, 0.25) is 0 Å². The van der Waals surface area contributed by atoms with Gasteiger partial charge in [-0.05, 0) is 36.8 Å². The Labute approximate surface area is 166 Å². The van der Waals surface area contributed by atoms with E-state index in [1.54, 1.807) is 26.2 Å². The number of nitrogens with one attached hydrogen (secondary N) is 1. The zero-order chi connectivity index (χ0) is 20.9. The van der Waals surface area contributed by atoms with Gasteiger partial charge in [-0.2, -0.15) is 0 Å². The average Bonchev–Trinajstić information content (AvgIpc) is 2.63. The van der Waals surface area contributed by atoms with Gasteiger partial charge in [0.1, 0.15) is 6.54 Å². The molecule has 0 aliphatic carbocycles. The maximum absolute atomic E-state index is 12.3. The molecule has 0 aliphatic rings. The summed E-state index contributed by atoms with van der Waals surface area (Å²) in [6.45, 7) is 1.93. The Kier molecular flexibility index (Phi) is 6.80. The number of amides is 2. The van der Waals surface area contributed by atoms with E-state index in [0.29, 0.717) is 17.8 Å². The predicted octanol–water partition coefficient (Wildman–Crippen LogP) is 1.78. The van der Waals surface area contributed by atoms with Crippen LogP contribution in [0, 0.1) is 6.92 Å². The van der Waals surface area contributed by atoms with Crippen LogP contribution >= 0.6 is 0 Å². The Hall–Kier alpha value is -2.87. The van der Waals surface area contributed by atoms with Gasteiger partial charge in [0, 0.05) is 26.2 Å². The highest BCUT2D eigenvalue weighted by Gasteiger charge is 2.21. The van der Waals surface area contributed by atoms with E-state index in [0.717, 1.165) is 21.7 Å². The van der Waals surface area contributed by atoms with Crippen molar-refractivity contribution in [1.82, 2.24) is 10.2 Å². The lowest BCUT2D eigenvalue weighted by Gasteiger charge is -2.22. The number of carbonyl (C=O) groups excluding carboxylic acids is 2. The van der Waals surface area contributed by atoms with Gasteiger partial charge in [0.25, 0.3) is 5.91 Å². The monoisotopic (exact) mass is 403 g/mol. The van der Waals surface area contributed by atoms with E-state index >= 15 is 0 Å². The van der Waals surface area contributed by atoms with Crippen LogP contribution in [-0.2, 0) is 21.4 Å². The lowest BCUT2D eigenvalue weighted by atomic mass is 10.1. The highest BCUT2D eigenvalue weighted by atomic mass is 32.2. The number of nitrogens with zero attached hydrogens (tertiary/aromatic N) is 2. The van der Waals surface area contributed by atoms with Gasteiger partial charge in [-0.3, -0.25) is 13.9 Å². The number of rotatable bonds is 7. The molecular formula is C20H25N3O4S. The summed E-state index contributed by atoms with van der Waals surface area (Å²) >= 11 is 0. The third kappa shape index (κ3) is 5.82. The smallest absolute Gasteiger partial charge is 0.253 e. The van der Waals surface area contributed by atoms with Crippen molar-refractivity contribution in [3.05, 3.63) is 65.2 Å². The first-order valence-electron chi connectivity index (χ1n) is 8.69. The van der Waals surface area contributed by atoms with Gasteiger partial charge in [0.05, 0.1) is 11.9 Å². The van der Waals surface area contributed by atoms with Crippen LogP contribution in [0.3, 0.4) is 0 Å². The first kappa shape index (κ1) is 21.4. The van der Waals surface area contributed by atoms with Crippen LogP contribution < -0.4 is 9.62 Å². The second-order valence-corrected chi connectivity index (χ2v) is 8.69. The predicted molar refractivity (Wildman–Crippen MR) is 110 cm³/mol. The Morgan fingerprint density at radius 1 is 1.04 bits per heavy atom. The van der Waals surface area contributed by atoms with Crippen molar-refractivity contribution in [2.45, 2.75) is 13.5 Å². The van der Waals surface area contributed by atoms with E-state index in [-0.39, 0.29) is 12.5 Å². The summed E-state index contributed by atoms with van der Waals surface area (Å²) in [5.74, 6) is -0.603. The van der Waals surface area contributed by atoms with E-state index in [2.05, 4.69) is 5.32 Å². The number of benzene rings is 2. The largest absolute Gasteiger partial charge is 0.350 e. The number of hydrogen-bond donors (Lipinski definition) is 1. The van der Waals surface area contributed by atoms with E-state index < -0.39 is 15.9 Å². The Morgan fingerprint density at radius 2 is 1.68 bits per heavy atom. The van der Waals surface area contributed by atoms with E-state index in [1.165, 1.54) is 17.0 Å². The highest BCUT2D eigenvalue weighted by Crippen LogP contribution is 2.18. The fourth-order valence-electron chi connectivity index (χ4n) is 2.64. The third-order valence-corrected chi connectivity index (χ3v) is 5.21. The van der Waals surface area contributed by atoms with Gasteiger partial charge in [-0.25, -0.2) is 8.42 Å².